The maximum absolute atomic E-state index is 12.3. The molecule has 0 aromatic heterocycles. The van der Waals surface area contributed by atoms with E-state index < -0.39 is 5.60 Å². The van der Waals surface area contributed by atoms with Gasteiger partial charge in [0, 0.05) is 43.1 Å². The van der Waals surface area contributed by atoms with Gasteiger partial charge in [-0.2, -0.15) is 0 Å². The second kappa shape index (κ2) is 6.49. The molecule has 5 heteroatoms. The molecule has 0 aromatic carbocycles. The van der Waals surface area contributed by atoms with Gasteiger partial charge in [-0.05, 0) is 46.5 Å². The highest BCUT2D eigenvalue weighted by Crippen LogP contribution is 2.52. The molecule has 0 bridgehead atoms. The molecular formula is C19H34N2O3. The fourth-order valence-electron chi connectivity index (χ4n) is 4.69. The molecule has 4 atom stereocenters. The van der Waals surface area contributed by atoms with Crippen molar-refractivity contribution in [2.45, 2.75) is 84.1 Å². The Morgan fingerprint density at radius 2 is 1.96 bits per heavy atom. The van der Waals surface area contributed by atoms with Crippen LogP contribution in [0.3, 0.4) is 0 Å². The van der Waals surface area contributed by atoms with Crippen molar-refractivity contribution in [1.29, 1.82) is 0 Å². The second-order valence-electron chi connectivity index (χ2n) is 9.30. The molecule has 3 fully saturated rings. The summed E-state index contributed by atoms with van der Waals surface area (Å²) < 4.78 is 11.4. The van der Waals surface area contributed by atoms with Crippen LogP contribution in [-0.2, 0) is 9.47 Å². The van der Waals surface area contributed by atoms with Crippen LogP contribution in [0, 0.1) is 11.3 Å². The van der Waals surface area contributed by atoms with Crippen LogP contribution in [-0.4, -0.2) is 54.5 Å². The number of likely N-dealkylation sites (tertiary alicyclic amines) is 1. The largest absolute Gasteiger partial charge is 0.444 e. The maximum atomic E-state index is 12.3. The van der Waals surface area contributed by atoms with Crippen LogP contribution in [0.4, 0.5) is 4.79 Å². The van der Waals surface area contributed by atoms with Crippen molar-refractivity contribution in [3.63, 3.8) is 0 Å². The number of ether oxygens (including phenoxy) is 2. The van der Waals surface area contributed by atoms with Gasteiger partial charge in [0.15, 0.2) is 0 Å². The van der Waals surface area contributed by atoms with Gasteiger partial charge < -0.3 is 19.7 Å². The van der Waals surface area contributed by atoms with Crippen molar-refractivity contribution in [3.8, 4) is 0 Å². The Labute approximate surface area is 146 Å². The van der Waals surface area contributed by atoms with Crippen molar-refractivity contribution in [3.05, 3.63) is 0 Å². The molecule has 3 rings (SSSR count). The lowest BCUT2D eigenvalue weighted by Gasteiger charge is -2.56. The van der Waals surface area contributed by atoms with Gasteiger partial charge in [-0.15, -0.1) is 0 Å². The molecule has 138 valence electrons. The van der Waals surface area contributed by atoms with Crippen molar-refractivity contribution in [2.75, 3.05) is 19.7 Å². The number of rotatable bonds is 2. The summed E-state index contributed by atoms with van der Waals surface area (Å²) in [6, 6.07) is 1.03. The number of nitrogens with one attached hydrogen (secondary N) is 1. The van der Waals surface area contributed by atoms with Crippen LogP contribution < -0.4 is 5.32 Å². The number of hydrogen-bond donors (Lipinski definition) is 1. The lowest BCUT2D eigenvalue weighted by atomic mass is 9.57. The van der Waals surface area contributed by atoms with E-state index in [1.165, 1.54) is 6.42 Å². The van der Waals surface area contributed by atoms with E-state index in [0.29, 0.717) is 24.1 Å². The molecule has 24 heavy (non-hydrogen) atoms. The van der Waals surface area contributed by atoms with Gasteiger partial charge in [-0.1, -0.05) is 13.8 Å². The third-order valence-corrected chi connectivity index (χ3v) is 5.90. The molecule has 1 aliphatic carbocycles. The molecule has 0 radical (unpaired) electrons. The third kappa shape index (κ3) is 3.57. The molecule has 2 aliphatic heterocycles. The van der Waals surface area contributed by atoms with Gasteiger partial charge in [-0.25, -0.2) is 4.79 Å². The second-order valence-corrected chi connectivity index (χ2v) is 9.30. The highest BCUT2D eigenvalue weighted by Gasteiger charge is 2.59. The lowest BCUT2D eigenvalue weighted by molar-refractivity contribution is -0.115. The fraction of sp³-hybridized carbons (Fsp3) is 0.947. The molecule has 2 saturated heterocycles. The van der Waals surface area contributed by atoms with E-state index in [-0.39, 0.29) is 11.5 Å². The molecule has 3 aliphatic rings. The average Bonchev–Trinajstić information content (AvgIpc) is 2.79. The quantitative estimate of drug-likeness (QED) is 0.840. The predicted molar refractivity (Wildman–Crippen MR) is 94.0 cm³/mol. The normalized spacial score (nSPS) is 35.8. The zero-order chi connectivity index (χ0) is 17.5. The Balaban J connectivity index is 1.52. The first kappa shape index (κ1) is 18.0. The third-order valence-electron chi connectivity index (χ3n) is 5.90. The first-order valence-corrected chi connectivity index (χ1v) is 9.54. The van der Waals surface area contributed by atoms with Crippen LogP contribution >= 0.6 is 0 Å². The van der Waals surface area contributed by atoms with Gasteiger partial charge in [-0.3, -0.25) is 0 Å². The predicted octanol–water partition coefficient (Wildman–Crippen LogP) is 3.18. The average molecular weight is 338 g/mol. The van der Waals surface area contributed by atoms with E-state index in [2.05, 4.69) is 19.2 Å². The van der Waals surface area contributed by atoms with E-state index in [1.807, 2.05) is 25.7 Å². The molecule has 4 unspecified atom stereocenters. The first-order valence-electron chi connectivity index (χ1n) is 9.54. The van der Waals surface area contributed by atoms with Gasteiger partial charge in [0.25, 0.3) is 0 Å². The van der Waals surface area contributed by atoms with Gasteiger partial charge >= 0.3 is 6.09 Å². The Morgan fingerprint density at radius 3 is 2.67 bits per heavy atom. The molecule has 2 heterocycles. The topological polar surface area (TPSA) is 50.8 Å². The number of amides is 1. The minimum Gasteiger partial charge on any atom is -0.444 e. The molecule has 1 N–H and O–H groups in total. The molecule has 0 aromatic rings. The van der Waals surface area contributed by atoms with Gasteiger partial charge in [0.2, 0.25) is 0 Å². The summed E-state index contributed by atoms with van der Waals surface area (Å²) in [5.74, 6) is 0.671. The summed E-state index contributed by atoms with van der Waals surface area (Å²) in [4.78, 5) is 14.2. The van der Waals surface area contributed by atoms with Crippen molar-refractivity contribution in [2.24, 2.45) is 11.3 Å². The number of nitrogens with zero attached hydrogens (tertiary/aromatic N) is 1. The minimum absolute atomic E-state index is 0.170. The Kier molecular flexibility index (Phi) is 4.86. The van der Waals surface area contributed by atoms with Crippen LogP contribution in [0.5, 0.6) is 0 Å². The number of carbonyl (C=O) groups excluding carboxylic acids is 1. The van der Waals surface area contributed by atoms with Crippen LogP contribution in [0.1, 0.15) is 60.3 Å². The van der Waals surface area contributed by atoms with Crippen molar-refractivity contribution in [1.82, 2.24) is 10.2 Å². The smallest absolute Gasteiger partial charge is 0.410 e. The molecule has 1 amide bonds. The van der Waals surface area contributed by atoms with Gasteiger partial charge in [0.1, 0.15) is 5.60 Å². The summed E-state index contributed by atoms with van der Waals surface area (Å²) in [6.45, 7) is 12.9. The highest BCUT2D eigenvalue weighted by atomic mass is 16.6. The Hall–Kier alpha value is -0.810. The highest BCUT2D eigenvalue weighted by molar-refractivity contribution is 5.68. The number of carbonyl (C=O) groups is 1. The van der Waals surface area contributed by atoms with E-state index >= 15 is 0 Å². The lowest BCUT2D eigenvalue weighted by Crippen LogP contribution is -2.67. The van der Waals surface area contributed by atoms with Crippen LogP contribution in [0.2, 0.25) is 0 Å². The Morgan fingerprint density at radius 1 is 1.21 bits per heavy atom. The summed E-state index contributed by atoms with van der Waals surface area (Å²) in [6.07, 6.45) is 4.61. The van der Waals surface area contributed by atoms with Gasteiger partial charge in [0.05, 0.1) is 6.10 Å². The summed E-state index contributed by atoms with van der Waals surface area (Å²) in [5.41, 5.74) is -0.202. The van der Waals surface area contributed by atoms with E-state index in [0.717, 1.165) is 39.0 Å². The zero-order valence-corrected chi connectivity index (χ0v) is 15.9. The summed E-state index contributed by atoms with van der Waals surface area (Å²) in [7, 11) is 0. The van der Waals surface area contributed by atoms with E-state index in [9.17, 15) is 4.79 Å². The fourth-order valence-corrected chi connectivity index (χ4v) is 4.69. The molecule has 1 saturated carbocycles. The number of fused-ring (bicyclic) bond motifs is 1. The standard InChI is InChI=1S/C19H34N2O3/c1-18(2,3)24-17(22)21-10-6-7-13(8-11-21)20-15-14-9-12-23-16(14)19(15,4)5/h13-16,20H,6-12H2,1-5H3. The van der Waals surface area contributed by atoms with Crippen LogP contribution in [0.15, 0.2) is 0 Å². The van der Waals surface area contributed by atoms with E-state index in [4.69, 9.17) is 9.47 Å². The maximum Gasteiger partial charge on any atom is 0.410 e. The number of hydrogen-bond acceptors (Lipinski definition) is 4. The Bertz CT molecular complexity index is 472. The SMILES string of the molecule is CC(C)(C)OC(=O)N1CCCC(NC2C3CCOC3C2(C)C)CC1. The molecule has 0 spiro atoms. The molecule has 5 nitrogen and oxygen atoms in total. The van der Waals surface area contributed by atoms with Crippen molar-refractivity contribution < 1.29 is 14.3 Å². The summed E-state index contributed by atoms with van der Waals surface area (Å²) in [5, 5.41) is 3.91. The van der Waals surface area contributed by atoms with Crippen molar-refractivity contribution >= 4 is 6.09 Å². The van der Waals surface area contributed by atoms with Crippen LogP contribution in [0.25, 0.3) is 0 Å². The first-order chi connectivity index (χ1) is 11.2. The zero-order valence-electron chi connectivity index (χ0n) is 15.9. The monoisotopic (exact) mass is 338 g/mol. The minimum atomic E-state index is -0.422. The van der Waals surface area contributed by atoms with E-state index in [1.54, 1.807) is 0 Å². The molecular weight excluding hydrogens is 304 g/mol. The summed E-state index contributed by atoms with van der Waals surface area (Å²) >= 11 is 0.